The Bertz CT molecular complexity index is 1360. The summed E-state index contributed by atoms with van der Waals surface area (Å²) in [5, 5.41) is 0.958. The first kappa shape index (κ1) is 21.4. The summed E-state index contributed by atoms with van der Waals surface area (Å²) in [7, 11) is -3.79. The molecule has 5 rings (SSSR count). The van der Waals surface area contributed by atoms with Gasteiger partial charge >= 0.3 is 0 Å². The highest BCUT2D eigenvalue weighted by Crippen LogP contribution is 2.29. The van der Waals surface area contributed by atoms with Crippen LogP contribution in [0.1, 0.15) is 10.4 Å². The monoisotopic (exact) mass is 478 g/mol. The lowest BCUT2D eigenvalue weighted by Gasteiger charge is -2.34. The van der Waals surface area contributed by atoms with E-state index in [1.165, 1.54) is 12.1 Å². The van der Waals surface area contributed by atoms with E-state index in [1.807, 2.05) is 18.2 Å². The van der Waals surface area contributed by atoms with E-state index in [2.05, 4.69) is 15.7 Å². The van der Waals surface area contributed by atoms with E-state index in [0.717, 1.165) is 15.3 Å². The van der Waals surface area contributed by atoms with Crippen LogP contribution in [0, 0.1) is 0 Å². The van der Waals surface area contributed by atoms with E-state index in [1.54, 1.807) is 58.7 Å². The van der Waals surface area contributed by atoms with E-state index >= 15 is 0 Å². The Hall–Kier alpha value is -3.43. The third kappa shape index (κ3) is 4.42. The van der Waals surface area contributed by atoms with Crippen LogP contribution in [0.3, 0.4) is 0 Å². The Morgan fingerprint density at radius 3 is 2.27 bits per heavy atom. The molecule has 33 heavy (non-hydrogen) atoms. The molecule has 4 aromatic rings. The van der Waals surface area contributed by atoms with Crippen LogP contribution in [0.4, 0.5) is 10.8 Å². The number of carbonyl (C=O) groups is 1. The molecule has 0 bridgehead atoms. The van der Waals surface area contributed by atoms with Crippen molar-refractivity contribution >= 4 is 48.3 Å². The zero-order valence-electron chi connectivity index (χ0n) is 17.7. The van der Waals surface area contributed by atoms with Crippen molar-refractivity contribution in [2.45, 2.75) is 4.90 Å². The number of hydrogen-bond donors (Lipinski definition) is 1. The quantitative estimate of drug-likeness (QED) is 0.468. The number of sulfonamides is 1. The number of nitrogens with zero attached hydrogens (tertiary/aromatic N) is 3. The number of benzene rings is 3. The lowest BCUT2D eigenvalue weighted by molar-refractivity contribution is 0.0748. The molecule has 2 heterocycles. The zero-order valence-corrected chi connectivity index (χ0v) is 19.3. The average Bonchev–Trinajstić information content (AvgIpc) is 3.29. The number of thiazole rings is 1. The molecule has 1 aromatic heterocycles. The predicted octanol–water partition coefficient (Wildman–Crippen LogP) is 4.06. The molecule has 0 spiro atoms. The molecular formula is C24H22N4O3S2. The summed E-state index contributed by atoms with van der Waals surface area (Å²) in [6.07, 6.45) is 0. The minimum Gasteiger partial charge on any atom is -0.345 e. The highest BCUT2D eigenvalue weighted by Gasteiger charge is 2.26. The normalized spacial score (nSPS) is 14.4. The molecule has 9 heteroatoms. The first-order valence-electron chi connectivity index (χ1n) is 10.6. The molecule has 1 fully saturated rings. The molecule has 0 saturated carbocycles. The Morgan fingerprint density at radius 1 is 0.848 bits per heavy atom. The van der Waals surface area contributed by atoms with Crippen molar-refractivity contribution in [2.24, 2.45) is 0 Å². The van der Waals surface area contributed by atoms with Crippen molar-refractivity contribution in [2.75, 3.05) is 35.8 Å². The van der Waals surface area contributed by atoms with E-state index in [9.17, 15) is 13.2 Å². The summed E-state index contributed by atoms with van der Waals surface area (Å²) in [6.45, 7) is 2.41. The summed E-state index contributed by atoms with van der Waals surface area (Å²) in [5.41, 5.74) is 1.60. The highest BCUT2D eigenvalue weighted by molar-refractivity contribution is 7.92. The minimum atomic E-state index is -3.79. The van der Waals surface area contributed by atoms with Gasteiger partial charge in [-0.3, -0.25) is 9.52 Å². The fourth-order valence-corrected chi connectivity index (χ4v) is 5.95. The van der Waals surface area contributed by atoms with Gasteiger partial charge in [0.25, 0.3) is 15.9 Å². The summed E-state index contributed by atoms with van der Waals surface area (Å²) >= 11 is 1.65. The summed E-state index contributed by atoms with van der Waals surface area (Å²) < 4.78 is 29.3. The number of hydrogen-bond acceptors (Lipinski definition) is 6. The number of amides is 1. The Morgan fingerprint density at radius 2 is 1.52 bits per heavy atom. The second kappa shape index (κ2) is 8.84. The van der Waals surface area contributed by atoms with Gasteiger partial charge in [0.05, 0.1) is 26.4 Å². The number of nitrogens with one attached hydrogen (secondary N) is 1. The Labute approximate surface area is 196 Å². The first-order chi connectivity index (χ1) is 16.0. The minimum absolute atomic E-state index is 0.150. The second-order valence-electron chi connectivity index (χ2n) is 7.71. The number of para-hydroxylation sites is 2. The van der Waals surface area contributed by atoms with Gasteiger partial charge in [0.1, 0.15) is 0 Å². The topological polar surface area (TPSA) is 82.6 Å². The fraction of sp³-hybridized carbons (Fsp3) is 0.167. The molecule has 1 N–H and O–H groups in total. The molecular weight excluding hydrogens is 456 g/mol. The van der Waals surface area contributed by atoms with Crippen molar-refractivity contribution < 1.29 is 13.2 Å². The van der Waals surface area contributed by atoms with Gasteiger partial charge in [0, 0.05) is 26.2 Å². The van der Waals surface area contributed by atoms with Crippen molar-refractivity contribution in [1.29, 1.82) is 0 Å². The predicted molar refractivity (Wildman–Crippen MR) is 131 cm³/mol. The van der Waals surface area contributed by atoms with Crippen molar-refractivity contribution in [3.8, 4) is 0 Å². The molecule has 3 aromatic carbocycles. The van der Waals surface area contributed by atoms with Crippen LogP contribution >= 0.6 is 11.3 Å². The van der Waals surface area contributed by atoms with Crippen molar-refractivity contribution in [3.63, 3.8) is 0 Å². The van der Waals surface area contributed by atoms with Gasteiger partial charge < -0.3 is 9.80 Å². The van der Waals surface area contributed by atoms with Crippen molar-refractivity contribution in [1.82, 2.24) is 9.88 Å². The van der Waals surface area contributed by atoms with Gasteiger partial charge in [0.15, 0.2) is 5.13 Å². The van der Waals surface area contributed by atoms with Crippen LogP contribution in [0.5, 0.6) is 0 Å². The van der Waals surface area contributed by atoms with E-state index in [0.29, 0.717) is 31.7 Å². The summed E-state index contributed by atoms with van der Waals surface area (Å²) in [4.78, 5) is 22.1. The van der Waals surface area contributed by atoms with Crippen LogP contribution < -0.4 is 9.62 Å². The van der Waals surface area contributed by atoms with E-state index < -0.39 is 10.0 Å². The standard InChI is InChI=1S/C24H22N4O3S2/c29-23(19-10-4-5-11-20(19)26-33(30,31)18-8-2-1-3-9-18)27-14-16-28(17-15-27)24-25-21-12-6-7-13-22(21)32-24/h1-13,26H,14-17H2. The lowest BCUT2D eigenvalue weighted by Crippen LogP contribution is -2.48. The Balaban J connectivity index is 1.30. The molecule has 0 atom stereocenters. The maximum atomic E-state index is 13.3. The molecule has 7 nitrogen and oxygen atoms in total. The number of anilines is 2. The first-order valence-corrected chi connectivity index (χ1v) is 12.9. The van der Waals surface area contributed by atoms with Gasteiger partial charge in [-0.25, -0.2) is 13.4 Å². The number of piperazine rings is 1. The molecule has 1 aliphatic heterocycles. The number of aromatic nitrogens is 1. The van der Waals surface area contributed by atoms with Crippen LogP contribution in [0.15, 0.2) is 83.8 Å². The van der Waals surface area contributed by atoms with Gasteiger partial charge in [-0.05, 0) is 36.4 Å². The van der Waals surface area contributed by atoms with Crippen molar-refractivity contribution in [3.05, 3.63) is 84.4 Å². The zero-order chi connectivity index (χ0) is 22.8. The third-order valence-corrected chi connectivity index (χ3v) is 8.05. The molecule has 0 radical (unpaired) electrons. The second-order valence-corrected chi connectivity index (χ2v) is 10.4. The Kier molecular flexibility index (Phi) is 5.74. The van der Waals surface area contributed by atoms with E-state index in [4.69, 9.17) is 4.98 Å². The third-order valence-electron chi connectivity index (χ3n) is 5.58. The van der Waals surface area contributed by atoms with Gasteiger partial charge in [0.2, 0.25) is 0 Å². The lowest BCUT2D eigenvalue weighted by atomic mass is 10.1. The molecule has 0 unspecified atom stereocenters. The smallest absolute Gasteiger partial charge is 0.261 e. The van der Waals surface area contributed by atoms with Gasteiger partial charge in [-0.15, -0.1) is 0 Å². The number of rotatable bonds is 5. The SMILES string of the molecule is O=C(c1ccccc1NS(=O)(=O)c1ccccc1)N1CCN(c2nc3ccccc3s2)CC1. The fourth-order valence-electron chi connectivity index (χ4n) is 3.83. The molecule has 0 aliphatic carbocycles. The molecule has 1 amide bonds. The summed E-state index contributed by atoms with van der Waals surface area (Å²) in [6, 6.07) is 22.9. The van der Waals surface area contributed by atoms with Crippen LogP contribution in [-0.4, -0.2) is 50.4 Å². The van der Waals surface area contributed by atoms with Crippen LogP contribution in [-0.2, 0) is 10.0 Å². The van der Waals surface area contributed by atoms with Gasteiger partial charge in [-0.1, -0.05) is 53.8 Å². The largest absolute Gasteiger partial charge is 0.345 e. The number of fused-ring (bicyclic) bond motifs is 1. The average molecular weight is 479 g/mol. The van der Waals surface area contributed by atoms with Gasteiger partial charge in [-0.2, -0.15) is 0 Å². The molecule has 1 aliphatic rings. The molecule has 1 saturated heterocycles. The maximum Gasteiger partial charge on any atom is 0.261 e. The van der Waals surface area contributed by atoms with Crippen LogP contribution in [0.2, 0.25) is 0 Å². The van der Waals surface area contributed by atoms with E-state index in [-0.39, 0.29) is 16.5 Å². The highest BCUT2D eigenvalue weighted by atomic mass is 32.2. The number of carbonyl (C=O) groups excluding carboxylic acids is 1. The molecule has 168 valence electrons. The summed E-state index contributed by atoms with van der Waals surface area (Å²) in [5.74, 6) is -0.190. The maximum absolute atomic E-state index is 13.3. The van der Waals surface area contributed by atoms with Crippen LogP contribution in [0.25, 0.3) is 10.2 Å².